The molecule has 0 aromatic heterocycles. The quantitative estimate of drug-likeness (QED) is 0.236. The first-order chi connectivity index (χ1) is 17.7. The number of ether oxygens (including phenoxy) is 2. The third kappa shape index (κ3) is 5.53. The molecule has 0 amide bonds. The fraction of sp³-hybridized carbons (Fsp3) is 0.276. The first kappa shape index (κ1) is 26.4. The maximum atomic E-state index is 15.0. The lowest BCUT2D eigenvalue weighted by Gasteiger charge is -2.23. The normalized spacial score (nSPS) is 15.3. The average molecular weight is 517 g/mol. The lowest BCUT2D eigenvalue weighted by atomic mass is 9.90. The van der Waals surface area contributed by atoms with Crippen LogP contribution in [0.3, 0.4) is 0 Å². The molecule has 0 saturated heterocycles. The Morgan fingerprint density at radius 1 is 0.919 bits per heavy atom. The van der Waals surface area contributed by atoms with Gasteiger partial charge in [0.1, 0.15) is 11.9 Å². The van der Waals surface area contributed by atoms with E-state index in [1.165, 1.54) is 43.3 Å². The molecule has 3 nitrogen and oxygen atoms in total. The summed E-state index contributed by atoms with van der Waals surface area (Å²) in [6.07, 6.45) is 3.00. The van der Waals surface area contributed by atoms with E-state index in [4.69, 9.17) is 9.47 Å². The summed E-state index contributed by atoms with van der Waals surface area (Å²) in [7, 11) is 0. The zero-order chi connectivity index (χ0) is 26.7. The number of allylic oxidation sites excluding steroid dienone is 1. The molecule has 1 unspecified atom stereocenters. The number of halogens is 5. The minimum Gasteiger partial charge on any atom is -0.490 e. The molecule has 0 N–H and O–H groups in total. The van der Waals surface area contributed by atoms with Gasteiger partial charge in [-0.25, -0.2) is 22.4 Å². The van der Waals surface area contributed by atoms with Gasteiger partial charge in [-0.2, -0.15) is 4.39 Å². The van der Waals surface area contributed by atoms with E-state index in [2.05, 4.69) is 0 Å². The molecule has 1 aliphatic rings. The molecule has 3 aromatic carbocycles. The Hall–Kier alpha value is -3.68. The SMILES string of the molecule is CCCOc1ccc(-c2ccc(C3=CCC(OC(=O)c4ccc(C)c(F)c4F)CC3)cc2F)c(F)c1F. The molecule has 0 fully saturated rings. The minimum atomic E-state index is -1.24. The number of hydrogen-bond acceptors (Lipinski definition) is 3. The molecular weight excluding hydrogens is 491 g/mol. The highest BCUT2D eigenvalue weighted by molar-refractivity contribution is 5.90. The molecule has 1 aliphatic carbocycles. The predicted molar refractivity (Wildman–Crippen MR) is 130 cm³/mol. The van der Waals surface area contributed by atoms with Gasteiger partial charge >= 0.3 is 5.97 Å². The molecule has 0 spiro atoms. The van der Waals surface area contributed by atoms with Gasteiger partial charge in [-0.1, -0.05) is 31.2 Å². The Balaban J connectivity index is 1.46. The smallest absolute Gasteiger partial charge is 0.341 e. The van der Waals surface area contributed by atoms with Crippen molar-refractivity contribution in [1.82, 2.24) is 0 Å². The monoisotopic (exact) mass is 516 g/mol. The highest BCUT2D eigenvalue weighted by atomic mass is 19.2. The van der Waals surface area contributed by atoms with Crippen molar-refractivity contribution in [1.29, 1.82) is 0 Å². The molecule has 0 bridgehead atoms. The van der Waals surface area contributed by atoms with Crippen molar-refractivity contribution in [3.63, 3.8) is 0 Å². The topological polar surface area (TPSA) is 35.5 Å². The van der Waals surface area contributed by atoms with Crippen LogP contribution in [0.2, 0.25) is 0 Å². The summed E-state index contributed by atoms with van der Waals surface area (Å²) in [6.45, 7) is 3.46. The number of rotatable bonds is 7. The molecule has 1 atom stereocenters. The lowest BCUT2D eigenvalue weighted by molar-refractivity contribution is 0.0279. The van der Waals surface area contributed by atoms with Crippen LogP contribution in [-0.2, 0) is 4.74 Å². The highest BCUT2D eigenvalue weighted by Gasteiger charge is 2.24. The van der Waals surface area contributed by atoms with Crippen molar-refractivity contribution in [3.05, 3.63) is 94.3 Å². The molecule has 0 saturated carbocycles. The van der Waals surface area contributed by atoms with E-state index in [1.807, 2.05) is 6.92 Å². The summed E-state index contributed by atoms with van der Waals surface area (Å²) in [4.78, 5) is 12.3. The summed E-state index contributed by atoms with van der Waals surface area (Å²) >= 11 is 0. The summed E-state index contributed by atoms with van der Waals surface area (Å²) < 4.78 is 82.3. The van der Waals surface area contributed by atoms with Crippen LogP contribution in [0.15, 0.2) is 48.5 Å². The van der Waals surface area contributed by atoms with Crippen LogP contribution in [0.5, 0.6) is 5.75 Å². The zero-order valence-electron chi connectivity index (χ0n) is 20.3. The lowest BCUT2D eigenvalue weighted by Crippen LogP contribution is -2.21. The fourth-order valence-corrected chi connectivity index (χ4v) is 4.19. The third-order valence-corrected chi connectivity index (χ3v) is 6.27. The number of carbonyl (C=O) groups excluding carboxylic acids is 1. The van der Waals surface area contributed by atoms with Crippen LogP contribution in [-0.4, -0.2) is 18.7 Å². The maximum Gasteiger partial charge on any atom is 0.341 e. The molecule has 0 radical (unpaired) electrons. The Labute approximate surface area is 211 Å². The van der Waals surface area contributed by atoms with Crippen LogP contribution in [0.25, 0.3) is 16.7 Å². The number of hydrogen-bond donors (Lipinski definition) is 0. The van der Waals surface area contributed by atoms with Crippen molar-refractivity contribution in [2.75, 3.05) is 6.61 Å². The molecule has 3 aromatic rings. The van der Waals surface area contributed by atoms with Gasteiger partial charge in [0.2, 0.25) is 5.82 Å². The molecule has 37 heavy (non-hydrogen) atoms. The summed E-state index contributed by atoms with van der Waals surface area (Å²) in [6, 6.07) is 9.29. The van der Waals surface area contributed by atoms with Gasteiger partial charge in [-0.15, -0.1) is 0 Å². The zero-order valence-corrected chi connectivity index (χ0v) is 20.3. The van der Waals surface area contributed by atoms with Crippen LogP contribution < -0.4 is 4.74 Å². The molecule has 8 heteroatoms. The standard InChI is InChI=1S/C29H25F5O3/c1-3-14-36-24-13-12-21(26(32)28(24)34)20-11-7-18(15-23(20)30)17-5-8-19(9-6-17)37-29(35)22-10-4-16(2)25(31)27(22)33/h4-5,7,10-13,15,19H,3,6,8-9,14H2,1-2H3. The molecular formula is C29H25F5O3. The number of esters is 1. The summed E-state index contributed by atoms with van der Waals surface area (Å²) in [5.74, 6) is -6.58. The fourth-order valence-electron chi connectivity index (χ4n) is 4.19. The van der Waals surface area contributed by atoms with Crippen molar-refractivity contribution in [2.24, 2.45) is 0 Å². The molecule has 0 heterocycles. The Kier molecular flexibility index (Phi) is 7.95. The van der Waals surface area contributed by atoms with Gasteiger partial charge < -0.3 is 9.47 Å². The number of aryl methyl sites for hydroxylation is 1. The van der Waals surface area contributed by atoms with Gasteiger partial charge in [0, 0.05) is 17.5 Å². The first-order valence-electron chi connectivity index (χ1n) is 12.0. The average Bonchev–Trinajstić information content (AvgIpc) is 2.89. The first-order valence-corrected chi connectivity index (χ1v) is 12.0. The van der Waals surface area contributed by atoms with Crippen LogP contribution in [0.1, 0.15) is 54.1 Å². The third-order valence-electron chi connectivity index (χ3n) is 6.27. The highest BCUT2D eigenvalue weighted by Crippen LogP contribution is 2.35. The molecule has 194 valence electrons. The van der Waals surface area contributed by atoms with Gasteiger partial charge in [-0.3, -0.25) is 0 Å². The Morgan fingerprint density at radius 3 is 2.35 bits per heavy atom. The second-order valence-electron chi connectivity index (χ2n) is 8.87. The van der Waals surface area contributed by atoms with Crippen molar-refractivity contribution in [3.8, 4) is 16.9 Å². The maximum absolute atomic E-state index is 15.0. The van der Waals surface area contributed by atoms with E-state index >= 15 is 0 Å². The van der Waals surface area contributed by atoms with E-state index in [0.29, 0.717) is 31.2 Å². The Bertz CT molecular complexity index is 1370. The predicted octanol–water partition coefficient (Wildman–Crippen LogP) is 7.94. The van der Waals surface area contributed by atoms with E-state index in [-0.39, 0.29) is 29.0 Å². The van der Waals surface area contributed by atoms with Crippen molar-refractivity contribution < 1.29 is 36.2 Å². The summed E-state index contributed by atoms with van der Waals surface area (Å²) in [5, 5.41) is 0. The van der Waals surface area contributed by atoms with Crippen molar-refractivity contribution in [2.45, 2.75) is 45.6 Å². The van der Waals surface area contributed by atoms with Crippen molar-refractivity contribution >= 4 is 11.5 Å². The van der Waals surface area contributed by atoms with Gasteiger partial charge in [-0.05, 0) is 67.2 Å². The van der Waals surface area contributed by atoms with Crippen LogP contribution >= 0.6 is 0 Å². The number of benzene rings is 3. The molecule has 0 aliphatic heterocycles. The minimum absolute atomic E-state index is 0.0854. The van der Waals surface area contributed by atoms with Crippen LogP contribution in [0, 0.1) is 36.0 Å². The van der Waals surface area contributed by atoms with Gasteiger partial charge in [0.15, 0.2) is 23.2 Å². The van der Waals surface area contributed by atoms with E-state index in [9.17, 15) is 26.7 Å². The Morgan fingerprint density at radius 2 is 1.68 bits per heavy atom. The second kappa shape index (κ2) is 11.2. The number of carbonyl (C=O) groups is 1. The molecule has 4 rings (SSSR count). The summed E-state index contributed by atoms with van der Waals surface area (Å²) in [5.41, 5.74) is 0.668. The van der Waals surface area contributed by atoms with Crippen LogP contribution in [0.4, 0.5) is 22.0 Å². The second-order valence-corrected chi connectivity index (χ2v) is 8.87. The van der Waals surface area contributed by atoms with E-state index in [0.717, 1.165) is 5.57 Å². The van der Waals surface area contributed by atoms with Gasteiger partial charge in [0.25, 0.3) is 0 Å². The largest absolute Gasteiger partial charge is 0.490 e. The van der Waals surface area contributed by atoms with E-state index < -0.39 is 46.7 Å². The van der Waals surface area contributed by atoms with Gasteiger partial charge in [0.05, 0.1) is 12.2 Å². The van der Waals surface area contributed by atoms with E-state index in [1.54, 1.807) is 12.1 Å².